The van der Waals surface area contributed by atoms with Crippen LogP contribution in [0.25, 0.3) is 0 Å². The van der Waals surface area contributed by atoms with Crippen LogP contribution >= 0.6 is 0 Å². The largest absolute Gasteiger partial charge is 0.345 e. The number of nitrogens with one attached hydrogen (secondary N) is 3. The summed E-state index contributed by atoms with van der Waals surface area (Å²) in [6.45, 7) is 3.67. The summed E-state index contributed by atoms with van der Waals surface area (Å²) in [6.07, 6.45) is 3.47. The molecule has 10 heteroatoms. The highest BCUT2D eigenvalue weighted by molar-refractivity contribution is 7.89. The minimum Gasteiger partial charge on any atom is -0.345 e. The minimum absolute atomic E-state index is 0.0570. The summed E-state index contributed by atoms with van der Waals surface area (Å²) in [7, 11) is -3.80. The summed E-state index contributed by atoms with van der Waals surface area (Å²) >= 11 is 0. The Morgan fingerprint density at radius 2 is 2.10 bits per heavy atom. The van der Waals surface area contributed by atoms with Crippen LogP contribution in [0.3, 0.4) is 0 Å². The fourth-order valence-electron chi connectivity index (χ4n) is 3.65. The van der Waals surface area contributed by atoms with Crippen LogP contribution in [0, 0.1) is 24.1 Å². The third-order valence-electron chi connectivity index (χ3n) is 5.53. The first-order chi connectivity index (χ1) is 14.6. The molecule has 1 saturated carbocycles. The molecule has 0 radical (unpaired) electrons. The molecule has 1 aromatic carbocycles. The van der Waals surface area contributed by atoms with E-state index in [9.17, 15) is 17.6 Å². The minimum atomic E-state index is -3.80. The lowest BCUT2D eigenvalue weighted by Gasteiger charge is -2.41. The van der Waals surface area contributed by atoms with Gasteiger partial charge in [0.2, 0.25) is 16.0 Å². The zero-order valence-electron chi connectivity index (χ0n) is 17.3. The summed E-state index contributed by atoms with van der Waals surface area (Å²) in [4.78, 5) is 16.5. The quantitative estimate of drug-likeness (QED) is 0.654. The first-order valence-electron chi connectivity index (χ1n) is 9.99. The van der Waals surface area contributed by atoms with Crippen molar-refractivity contribution in [2.75, 3.05) is 17.6 Å². The first-order valence-corrected chi connectivity index (χ1v) is 11.6. The van der Waals surface area contributed by atoms with Crippen molar-refractivity contribution in [3.05, 3.63) is 59.2 Å². The average Bonchev–Trinajstić information content (AvgIpc) is 3.50. The Morgan fingerprint density at radius 1 is 1.35 bits per heavy atom. The number of halogens is 1. The van der Waals surface area contributed by atoms with E-state index in [0.717, 1.165) is 22.7 Å². The van der Waals surface area contributed by atoms with Gasteiger partial charge in [-0.1, -0.05) is 6.07 Å². The zero-order valence-corrected chi connectivity index (χ0v) is 18.1. The van der Waals surface area contributed by atoms with Crippen molar-refractivity contribution in [2.24, 2.45) is 5.92 Å². The maximum Gasteiger partial charge on any atom is 0.274 e. The standard InChI is InChI=1S/C21H24FN5O3S/c1-13-3-8-18(24-10-13)19(28)25-15-6-7-17(22)16(9-15)21(2)12-31(29,30)27(20(23)26-21)11-14-4-5-14/h3,6-10,14H,4-5,11-12H2,1-2H3,(H2,23,26)(H,25,28)/t21-/m0/s1. The van der Waals surface area contributed by atoms with E-state index in [1.165, 1.54) is 18.2 Å². The predicted octanol–water partition coefficient (Wildman–Crippen LogP) is 2.58. The molecule has 1 aliphatic heterocycles. The number of nitrogens with zero attached hydrogens (tertiary/aromatic N) is 2. The second kappa shape index (κ2) is 7.60. The van der Waals surface area contributed by atoms with Gasteiger partial charge in [-0.2, -0.15) is 0 Å². The Bertz CT molecular complexity index is 1150. The summed E-state index contributed by atoms with van der Waals surface area (Å²) in [5, 5.41) is 13.8. The van der Waals surface area contributed by atoms with Crippen molar-refractivity contribution in [3.8, 4) is 0 Å². The molecule has 4 rings (SSSR count). The molecular weight excluding hydrogens is 421 g/mol. The fraction of sp³-hybridized carbons (Fsp3) is 0.381. The van der Waals surface area contributed by atoms with E-state index >= 15 is 0 Å². The number of carbonyl (C=O) groups excluding carboxylic acids is 1. The van der Waals surface area contributed by atoms with Crippen molar-refractivity contribution in [2.45, 2.75) is 32.2 Å². The van der Waals surface area contributed by atoms with Crippen molar-refractivity contribution in [3.63, 3.8) is 0 Å². The van der Waals surface area contributed by atoms with Gasteiger partial charge in [0, 0.05) is 24.0 Å². The van der Waals surface area contributed by atoms with E-state index in [0.29, 0.717) is 5.69 Å². The van der Waals surface area contributed by atoms with Crippen molar-refractivity contribution < 1.29 is 17.6 Å². The molecule has 2 aliphatic rings. The van der Waals surface area contributed by atoms with Crippen LogP contribution in [0.5, 0.6) is 0 Å². The Hall–Kier alpha value is -3.01. The number of rotatable bonds is 5. The van der Waals surface area contributed by atoms with Crippen molar-refractivity contribution in [1.29, 1.82) is 5.41 Å². The molecule has 1 aliphatic carbocycles. The lowest BCUT2D eigenvalue weighted by Crippen LogP contribution is -2.62. The van der Waals surface area contributed by atoms with Gasteiger partial charge in [-0.3, -0.25) is 15.2 Å². The Morgan fingerprint density at radius 3 is 2.71 bits per heavy atom. The monoisotopic (exact) mass is 445 g/mol. The lowest BCUT2D eigenvalue weighted by molar-refractivity contribution is 0.102. The van der Waals surface area contributed by atoms with Crippen molar-refractivity contribution in [1.82, 2.24) is 14.6 Å². The number of aromatic nitrogens is 1. The predicted molar refractivity (Wildman–Crippen MR) is 115 cm³/mol. The van der Waals surface area contributed by atoms with Gasteiger partial charge < -0.3 is 10.6 Å². The van der Waals surface area contributed by atoms with Crippen LogP contribution in [-0.4, -0.2) is 41.9 Å². The van der Waals surface area contributed by atoms with Gasteiger partial charge in [-0.15, -0.1) is 0 Å². The summed E-state index contributed by atoms with van der Waals surface area (Å²) in [5.41, 5.74) is 0.121. The van der Waals surface area contributed by atoms with E-state index < -0.39 is 33.0 Å². The van der Waals surface area contributed by atoms with Gasteiger partial charge >= 0.3 is 0 Å². The Labute approximate surface area is 180 Å². The van der Waals surface area contributed by atoms with Crippen LogP contribution in [-0.2, 0) is 15.6 Å². The number of sulfonamides is 1. The Balaban J connectivity index is 1.59. The molecule has 164 valence electrons. The fourth-order valence-corrected chi connectivity index (χ4v) is 5.52. The molecule has 3 N–H and O–H groups in total. The van der Waals surface area contributed by atoms with Crippen LogP contribution in [0.15, 0.2) is 36.5 Å². The normalized spacial score (nSPS) is 22.7. The third kappa shape index (κ3) is 4.39. The van der Waals surface area contributed by atoms with Crippen LogP contribution in [0.1, 0.15) is 41.4 Å². The summed E-state index contributed by atoms with van der Waals surface area (Å²) in [5.74, 6) is -1.48. The molecule has 1 saturated heterocycles. The number of carbonyl (C=O) groups is 1. The molecule has 1 amide bonds. The number of aryl methyl sites for hydroxylation is 1. The molecule has 2 heterocycles. The van der Waals surface area contributed by atoms with Gasteiger partial charge in [0.05, 0.1) is 11.3 Å². The van der Waals surface area contributed by atoms with Crippen LogP contribution < -0.4 is 10.6 Å². The van der Waals surface area contributed by atoms with Gasteiger partial charge in [-0.25, -0.2) is 17.1 Å². The smallest absolute Gasteiger partial charge is 0.274 e. The summed E-state index contributed by atoms with van der Waals surface area (Å²) in [6, 6.07) is 7.31. The number of amides is 1. The van der Waals surface area contributed by atoms with E-state index in [1.807, 2.05) is 6.92 Å². The van der Waals surface area contributed by atoms with Gasteiger partial charge in [0.15, 0.2) is 0 Å². The van der Waals surface area contributed by atoms with Crippen LogP contribution in [0.4, 0.5) is 10.1 Å². The molecule has 8 nitrogen and oxygen atoms in total. The number of anilines is 1. The van der Waals surface area contributed by atoms with E-state index in [2.05, 4.69) is 15.6 Å². The lowest BCUT2D eigenvalue weighted by atomic mass is 9.93. The maximum absolute atomic E-state index is 14.8. The average molecular weight is 446 g/mol. The molecule has 0 spiro atoms. The van der Waals surface area contributed by atoms with E-state index in [4.69, 9.17) is 5.41 Å². The second-order valence-electron chi connectivity index (χ2n) is 8.41. The first kappa shape index (κ1) is 21.2. The third-order valence-corrected chi connectivity index (χ3v) is 7.48. The molecule has 0 unspecified atom stereocenters. The molecule has 1 atom stereocenters. The van der Waals surface area contributed by atoms with Crippen LogP contribution in [0.2, 0.25) is 0 Å². The summed E-state index contributed by atoms with van der Waals surface area (Å²) < 4.78 is 41.6. The number of pyridine rings is 1. The number of guanidine groups is 1. The molecule has 0 bridgehead atoms. The molecule has 1 aromatic heterocycles. The second-order valence-corrected chi connectivity index (χ2v) is 10.3. The van der Waals surface area contributed by atoms with Gasteiger partial charge in [0.25, 0.3) is 5.91 Å². The van der Waals surface area contributed by atoms with Gasteiger partial charge in [0.1, 0.15) is 11.5 Å². The van der Waals surface area contributed by atoms with Gasteiger partial charge in [-0.05, 0) is 62.4 Å². The topological polar surface area (TPSA) is 115 Å². The molecule has 2 aromatic rings. The highest BCUT2D eigenvalue weighted by Crippen LogP contribution is 2.35. The molecule has 31 heavy (non-hydrogen) atoms. The van der Waals surface area contributed by atoms with E-state index in [-0.39, 0.29) is 29.7 Å². The zero-order chi connectivity index (χ0) is 22.4. The number of hydrogen-bond donors (Lipinski definition) is 3. The molecule has 2 fully saturated rings. The van der Waals surface area contributed by atoms with Crippen molar-refractivity contribution >= 4 is 27.6 Å². The molecular formula is C21H24FN5O3S. The Kier molecular flexibility index (Phi) is 5.20. The highest BCUT2D eigenvalue weighted by Gasteiger charge is 2.46. The number of hydrogen-bond acceptors (Lipinski definition) is 5. The SMILES string of the molecule is Cc1ccc(C(=O)Nc2ccc(F)c([C@]3(C)CS(=O)(=O)N(CC4CC4)C(=N)N3)c2)nc1. The highest BCUT2D eigenvalue weighted by atomic mass is 32.2. The van der Waals surface area contributed by atoms with E-state index in [1.54, 1.807) is 25.3 Å². The number of benzene rings is 1. The maximum atomic E-state index is 14.8.